The zero-order chi connectivity index (χ0) is 25.1. The Kier molecular flexibility index (Phi) is 6.33. The minimum absolute atomic E-state index is 0.197. The quantitative estimate of drug-likeness (QED) is 0.333. The molecule has 6 nitrogen and oxygen atoms in total. The third-order valence-electron chi connectivity index (χ3n) is 6.20. The highest BCUT2D eigenvalue weighted by Crippen LogP contribution is 2.30. The molecule has 0 fully saturated rings. The van der Waals surface area contributed by atoms with Crippen molar-refractivity contribution in [1.29, 1.82) is 0 Å². The van der Waals surface area contributed by atoms with E-state index in [1.54, 1.807) is 36.4 Å². The lowest BCUT2D eigenvalue weighted by Gasteiger charge is -2.19. The van der Waals surface area contributed by atoms with Crippen LogP contribution in [0, 0.1) is 0 Å². The number of aromatic carboxylic acids is 1. The van der Waals surface area contributed by atoms with Crippen LogP contribution in [0.15, 0.2) is 96.6 Å². The van der Waals surface area contributed by atoms with Crippen molar-refractivity contribution in [2.75, 3.05) is 18.1 Å². The molecule has 1 heterocycles. The van der Waals surface area contributed by atoms with Crippen molar-refractivity contribution in [3.63, 3.8) is 0 Å². The predicted octanol–water partition coefficient (Wildman–Crippen LogP) is 5.62. The molecule has 36 heavy (non-hydrogen) atoms. The standard InChI is InChI=1S/C30H23NO5/c32-28-25-9-3-4-10-26(25)31(29(28)33)19-21(18-20-12-14-23(15-13-20)30(34)35)16-17-36-27-11-5-7-22-6-1-2-8-24(22)27/h1-15,18H,16-17,19H2,(H,34,35). The van der Waals surface area contributed by atoms with Gasteiger partial charge in [0.15, 0.2) is 0 Å². The summed E-state index contributed by atoms with van der Waals surface area (Å²) >= 11 is 0. The molecule has 6 heteroatoms. The van der Waals surface area contributed by atoms with E-state index in [0.29, 0.717) is 24.3 Å². The van der Waals surface area contributed by atoms with Gasteiger partial charge in [0.25, 0.3) is 11.7 Å². The Bertz CT molecular complexity index is 1500. The number of hydrogen-bond acceptors (Lipinski definition) is 4. The maximum Gasteiger partial charge on any atom is 0.335 e. The Morgan fingerprint density at radius 1 is 0.861 bits per heavy atom. The molecular weight excluding hydrogens is 454 g/mol. The van der Waals surface area contributed by atoms with Crippen LogP contribution in [0.3, 0.4) is 0 Å². The molecule has 0 aliphatic carbocycles. The van der Waals surface area contributed by atoms with Gasteiger partial charge in [-0.15, -0.1) is 0 Å². The maximum absolute atomic E-state index is 12.8. The zero-order valence-corrected chi connectivity index (χ0v) is 19.4. The number of carbonyl (C=O) groups is 3. The fourth-order valence-corrected chi connectivity index (χ4v) is 4.38. The Hall–Kier alpha value is -4.71. The van der Waals surface area contributed by atoms with Gasteiger partial charge in [0, 0.05) is 18.4 Å². The monoisotopic (exact) mass is 477 g/mol. The van der Waals surface area contributed by atoms with E-state index in [0.717, 1.165) is 27.7 Å². The summed E-state index contributed by atoms with van der Waals surface area (Å²) in [5, 5.41) is 11.3. The summed E-state index contributed by atoms with van der Waals surface area (Å²) in [7, 11) is 0. The molecule has 0 saturated heterocycles. The number of ether oxygens (including phenoxy) is 1. The first-order valence-corrected chi connectivity index (χ1v) is 11.6. The molecule has 4 aromatic rings. The van der Waals surface area contributed by atoms with E-state index in [9.17, 15) is 19.5 Å². The molecule has 5 rings (SSSR count). The number of para-hydroxylation sites is 1. The van der Waals surface area contributed by atoms with Crippen molar-refractivity contribution in [2.24, 2.45) is 0 Å². The summed E-state index contributed by atoms with van der Waals surface area (Å²) < 4.78 is 6.13. The van der Waals surface area contributed by atoms with Crippen molar-refractivity contribution in [2.45, 2.75) is 6.42 Å². The molecule has 0 unspecified atom stereocenters. The van der Waals surface area contributed by atoms with E-state index in [-0.39, 0.29) is 12.1 Å². The van der Waals surface area contributed by atoms with E-state index < -0.39 is 17.7 Å². The fourth-order valence-electron chi connectivity index (χ4n) is 4.38. The summed E-state index contributed by atoms with van der Waals surface area (Å²) in [6.45, 7) is 0.589. The molecule has 1 aliphatic rings. The van der Waals surface area contributed by atoms with Gasteiger partial charge in [0.1, 0.15) is 5.75 Å². The topological polar surface area (TPSA) is 83.9 Å². The normalized spacial score (nSPS) is 13.2. The molecular formula is C30H23NO5. The Morgan fingerprint density at radius 3 is 2.39 bits per heavy atom. The predicted molar refractivity (Wildman–Crippen MR) is 139 cm³/mol. The highest BCUT2D eigenvalue weighted by Gasteiger charge is 2.35. The van der Waals surface area contributed by atoms with Crippen LogP contribution in [0.5, 0.6) is 5.75 Å². The Labute approximate surface area is 208 Å². The van der Waals surface area contributed by atoms with E-state index in [4.69, 9.17) is 4.74 Å². The first-order valence-electron chi connectivity index (χ1n) is 11.6. The first-order chi connectivity index (χ1) is 17.5. The number of rotatable bonds is 8. The van der Waals surface area contributed by atoms with Crippen molar-refractivity contribution >= 4 is 40.2 Å². The summed E-state index contributed by atoms with van der Waals surface area (Å²) in [5.41, 5.74) is 2.86. The number of benzene rings is 4. The van der Waals surface area contributed by atoms with Gasteiger partial charge in [-0.2, -0.15) is 0 Å². The van der Waals surface area contributed by atoms with Gasteiger partial charge in [-0.3, -0.25) is 9.59 Å². The van der Waals surface area contributed by atoms with E-state index in [2.05, 4.69) is 0 Å². The Balaban J connectivity index is 1.40. The van der Waals surface area contributed by atoms with Crippen molar-refractivity contribution in [1.82, 2.24) is 0 Å². The molecule has 1 N–H and O–H groups in total. The van der Waals surface area contributed by atoms with Gasteiger partial charge < -0.3 is 14.7 Å². The second-order valence-corrected chi connectivity index (χ2v) is 8.54. The number of carboxylic acids is 1. The van der Waals surface area contributed by atoms with Crippen LogP contribution >= 0.6 is 0 Å². The van der Waals surface area contributed by atoms with Gasteiger partial charge in [-0.25, -0.2) is 4.79 Å². The van der Waals surface area contributed by atoms with E-state index in [1.807, 2.05) is 48.5 Å². The number of amides is 1. The lowest BCUT2D eigenvalue weighted by atomic mass is 10.1. The van der Waals surface area contributed by atoms with Gasteiger partial charge >= 0.3 is 5.97 Å². The van der Waals surface area contributed by atoms with Crippen LogP contribution in [0.25, 0.3) is 16.8 Å². The average molecular weight is 478 g/mol. The van der Waals surface area contributed by atoms with Crippen LogP contribution < -0.4 is 9.64 Å². The SMILES string of the molecule is O=C(O)c1ccc(C=C(CCOc2cccc3ccccc23)CN2C(=O)C(=O)c3ccccc32)cc1. The number of fused-ring (bicyclic) bond motifs is 2. The summed E-state index contributed by atoms with van der Waals surface area (Å²) in [6, 6.07) is 27.4. The number of hydrogen-bond donors (Lipinski definition) is 1. The highest BCUT2D eigenvalue weighted by atomic mass is 16.5. The second kappa shape index (κ2) is 9.88. The molecule has 0 bridgehead atoms. The van der Waals surface area contributed by atoms with Gasteiger partial charge in [0.05, 0.1) is 23.4 Å². The number of anilines is 1. The van der Waals surface area contributed by atoms with Crippen LogP contribution in [-0.2, 0) is 4.79 Å². The third kappa shape index (κ3) is 4.61. The lowest BCUT2D eigenvalue weighted by molar-refractivity contribution is -0.114. The number of ketones is 1. The average Bonchev–Trinajstić information content (AvgIpc) is 3.14. The number of carbonyl (C=O) groups excluding carboxylic acids is 2. The third-order valence-corrected chi connectivity index (χ3v) is 6.20. The van der Waals surface area contributed by atoms with Gasteiger partial charge in [0.2, 0.25) is 0 Å². The minimum atomic E-state index is -0.993. The smallest absolute Gasteiger partial charge is 0.335 e. The highest BCUT2D eigenvalue weighted by molar-refractivity contribution is 6.52. The number of Topliss-reactive ketones (excluding diaryl/α,β-unsaturated/α-hetero) is 1. The maximum atomic E-state index is 12.8. The first kappa shape index (κ1) is 23.1. The molecule has 0 atom stereocenters. The summed E-state index contributed by atoms with van der Waals surface area (Å²) in [4.78, 5) is 37.9. The van der Waals surface area contributed by atoms with Crippen LogP contribution in [0.2, 0.25) is 0 Å². The van der Waals surface area contributed by atoms with E-state index >= 15 is 0 Å². The molecule has 1 aliphatic heterocycles. The molecule has 0 radical (unpaired) electrons. The Morgan fingerprint density at radius 2 is 1.58 bits per heavy atom. The molecule has 0 saturated carbocycles. The second-order valence-electron chi connectivity index (χ2n) is 8.54. The zero-order valence-electron chi connectivity index (χ0n) is 19.4. The van der Waals surface area contributed by atoms with Gasteiger partial charge in [-0.1, -0.05) is 66.7 Å². The largest absolute Gasteiger partial charge is 0.493 e. The molecule has 4 aromatic carbocycles. The van der Waals surface area contributed by atoms with Gasteiger partial charge in [-0.05, 0) is 46.9 Å². The minimum Gasteiger partial charge on any atom is -0.493 e. The molecule has 0 spiro atoms. The molecule has 178 valence electrons. The van der Waals surface area contributed by atoms with Crippen molar-refractivity contribution in [3.8, 4) is 5.75 Å². The fraction of sp³-hybridized carbons (Fsp3) is 0.100. The summed E-state index contributed by atoms with van der Waals surface area (Å²) in [5.74, 6) is -1.29. The van der Waals surface area contributed by atoms with Crippen LogP contribution in [0.4, 0.5) is 5.69 Å². The molecule has 0 aromatic heterocycles. The van der Waals surface area contributed by atoms with Crippen molar-refractivity contribution in [3.05, 3.63) is 113 Å². The van der Waals surface area contributed by atoms with Crippen molar-refractivity contribution < 1.29 is 24.2 Å². The number of nitrogens with zero attached hydrogens (tertiary/aromatic N) is 1. The van der Waals surface area contributed by atoms with Crippen LogP contribution in [-0.4, -0.2) is 35.9 Å². The summed E-state index contributed by atoms with van der Waals surface area (Å²) in [6.07, 6.45) is 2.42. The molecule has 1 amide bonds. The van der Waals surface area contributed by atoms with E-state index in [1.165, 1.54) is 17.0 Å². The lowest BCUT2D eigenvalue weighted by Crippen LogP contribution is -2.31. The van der Waals surface area contributed by atoms with Crippen LogP contribution in [0.1, 0.15) is 32.7 Å². The number of carboxylic acid groups (broad SMARTS) is 1.